The van der Waals surface area contributed by atoms with E-state index in [9.17, 15) is 0 Å². The third-order valence-corrected chi connectivity index (χ3v) is 3.08. The van der Waals surface area contributed by atoms with Crippen molar-refractivity contribution in [3.63, 3.8) is 0 Å². The van der Waals surface area contributed by atoms with Crippen molar-refractivity contribution >= 4 is 0 Å². The molecule has 0 amide bonds. The molecule has 0 fully saturated rings. The lowest BCUT2D eigenvalue weighted by Crippen LogP contribution is -1.91. The maximum atomic E-state index is 3.28. The third kappa shape index (κ3) is 3.74. The Morgan fingerprint density at radius 3 is 2.59 bits per heavy atom. The molecule has 0 heterocycles. The zero-order chi connectivity index (χ0) is 11.9. The first-order valence-electron chi connectivity index (χ1n) is 6.42. The van der Waals surface area contributed by atoms with Crippen LogP contribution >= 0.6 is 0 Å². The van der Waals surface area contributed by atoms with Gasteiger partial charge in [0.25, 0.3) is 0 Å². The van der Waals surface area contributed by atoms with Crippen molar-refractivity contribution in [1.29, 1.82) is 0 Å². The van der Waals surface area contributed by atoms with Gasteiger partial charge in [-0.1, -0.05) is 55.5 Å². The molecular weight excluding hydrogens is 204 g/mol. The first kappa shape index (κ1) is 11.9. The summed E-state index contributed by atoms with van der Waals surface area (Å²) in [5.41, 5.74) is 4.22. The molecule has 2 aromatic carbocycles. The van der Waals surface area contributed by atoms with E-state index in [1.54, 1.807) is 0 Å². The minimum Gasteiger partial charge on any atom is -0.0620 e. The van der Waals surface area contributed by atoms with Gasteiger partial charge in [0.2, 0.25) is 0 Å². The molecule has 0 unspecified atom stereocenters. The molecule has 0 saturated heterocycles. The molecule has 0 heteroatoms. The molecule has 87 valence electrons. The summed E-state index contributed by atoms with van der Waals surface area (Å²) in [6.45, 7) is 2.21. The smallest absolute Gasteiger partial charge is 0.0149 e. The number of hydrogen-bond donors (Lipinski definition) is 0. The topological polar surface area (TPSA) is 0 Å². The lowest BCUT2D eigenvalue weighted by Gasteiger charge is -2.04. The lowest BCUT2D eigenvalue weighted by atomic mass is 10.0. The van der Waals surface area contributed by atoms with Gasteiger partial charge in [-0.05, 0) is 48.4 Å². The monoisotopic (exact) mass is 223 g/mol. The van der Waals surface area contributed by atoms with E-state index in [1.807, 2.05) is 12.1 Å². The van der Waals surface area contributed by atoms with E-state index in [4.69, 9.17) is 0 Å². The van der Waals surface area contributed by atoms with E-state index in [0.717, 1.165) is 19.3 Å². The van der Waals surface area contributed by atoms with Crippen molar-refractivity contribution in [2.45, 2.75) is 32.6 Å². The van der Waals surface area contributed by atoms with Crippen LogP contribution in [0.4, 0.5) is 0 Å². The SMILES string of the molecule is CCc1cccc(CCCc2[c]cccc2)c1. The van der Waals surface area contributed by atoms with Crippen molar-refractivity contribution < 1.29 is 0 Å². The number of rotatable bonds is 5. The quantitative estimate of drug-likeness (QED) is 0.711. The largest absolute Gasteiger partial charge is 0.0620 e. The Balaban J connectivity index is 1.86. The second kappa shape index (κ2) is 6.24. The van der Waals surface area contributed by atoms with Gasteiger partial charge in [0, 0.05) is 0 Å². The molecule has 1 radical (unpaired) electrons. The van der Waals surface area contributed by atoms with E-state index in [2.05, 4.69) is 49.4 Å². The van der Waals surface area contributed by atoms with Gasteiger partial charge in [-0.3, -0.25) is 0 Å². The van der Waals surface area contributed by atoms with Gasteiger partial charge in [-0.25, -0.2) is 0 Å². The summed E-state index contributed by atoms with van der Waals surface area (Å²) in [6, 6.07) is 20.5. The fourth-order valence-electron chi connectivity index (χ4n) is 2.07. The Bertz CT molecular complexity index is 443. The highest BCUT2D eigenvalue weighted by atomic mass is 14.0. The molecule has 2 aromatic rings. The Kier molecular flexibility index (Phi) is 4.37. The maximum Gasteiger partial charge on any atom is -0.0149 e. The van der Waals surface area contributed by atoms with Crippen LogP contribution in [0.15, 0.2) is 48.5 Å². The molecule has 0 atom stereocenters. The van der Waals surface area contributed by atoms with E-state index in [1.165, 1.54) is 23.1 Å². The van der Waals surface area contributed by atoms with Crippen molar-refractivity contribution in [2.24, 2.45) is 0 Å². The van der Waals surface area contributed by atoms with Gasteiger partial charge in [0.15, 0.2) is 0 Å². The van der Waals surface area contributed by atoms with Gasteiger partial charge in [0.1, 0.15) is 0 Å². The highest BCUT2D eigenvalue weighted by Gasteiger charge is 1.96. The second-order valence-corrected chi connectivity index (χ2v) is 4.41. The summed E-state index contributed by atoms with van der Waals surface area (Å²) >= 11 is 0. The first-order valence-corrected chi connectivity index (χ1v) is 6.42. The van der Waals surface area contributed by atoms with Crippen LogP contribution < -0.4 is 0 Å². The van der Waals surface area contributed by atoms with Crippen LogP contribution in [0.3, 0.4) is 0 Å². The Labute approximate surface area is 104 Å². The molecule has 0 saturated carbocycles. The lowest BCUT2D eigenvalue weighted by molar-refractivity contribution is 0.818. The minimum absolute atomic E-state index is 1.12. The summed E-state index contributed by atoms with van der Waals surface area (Å²) in [7, 11) is 0. The minimum atomic E-state index is 1.12. The molecule has 0 nitrogen and oxygen atoms in total. The summed E-state index contributed by atoms with van der Waals surface area (Å²) < 4.78 is 0. The maximum absolute atomic E-state index is 3.28. The van der Waals surface area contributed by atoms with Gasteiger partial charge < -0.3 is 0 Å². The Morgan fingerprint density at radius 2 is 1.82 bits per heavy atom. The van der Waals surface area contributed by atoms with Crippen molar-refractivity contribution in [2.75, 3.05) is 0 Å². The number of hydrogen-bond acceptors (Lipinski definition) is 0. The average Bonchev–Trinajstić information content (AvgIpc) is 2.40. The normalized spacial score (nSPS) is 10.4. The molecule has 2 rings (SSSR count). The van der Waals surface area contributed by atoms with Crippen LogP contribution in [0, 0.1) is 6.07 Å². The van der Waals surface area contributed by atoms with Crippen molar-refractivity contribution in [1.82, 2.24) is 0 Å². The number of aryl methyl sites for hydroxylation is 3. The molecule has 0 aromatic heterocycles. The summed E-state index contributed by atoms with van der Waals surface area (Å²) in [4.78, 5) is 0. The summed E-state index contributed by atoms with van der Waals surface area (Å²) in [5, 5.41) is 0. The van der Waals surface area contributed by atoms with E-state index < -0.39 is 0 Å². The first-order chi connectivity index (χ1) is 8.38. The van der Waals surface area contributed by atoms with Gasteiger partial charge in [0.05, 0.1) is 0 Å². The predicted octanol–water partition coefficient (Wildman–Crippen LogP) is 4.22. The molecule has 0 aliphatic carbocycles. The molecule has 0 aliphatic heterocycles. The van der Waals surface area contributed by atoms with Gasteiger partial charge >= 0.3 is 0 Å². The van der Waals surface area contributed by atoms with E-state index >= 15 is 0 Å². The molecular formula is C17H19. The van der Waals surface area contributed by atoms with Gasteiger partial charge in [-0.2, -0.15) is 0 Å². The van der Waals surface area contributed by atoms with E-state index in [0.29, 0.717) is 0 Å². The fraction of sp³-hybridized carbons (Fsp3) is 0.294. The molecule has 0 bridgehead atoms. The summed E-state index contributed by atoms with van der Waals surface area (Å²) in [6.07, 6.45) is 4.61. The van der Waals surface area contributed by atoms with E-state index in [-0.39, 0.29) is 0 Å². The molecule has 17 heavy (non-hydrogen) atoms. The standard InChI is InChI=1S/C17H19/c1-2-15-10-6-12-17(14-15)13-7-11-16-8-4-3-5-9-16/h3-6,8,10,12,14H,2,7,11,13H2,1H3. The average molecular weight is 223 g/mol. The third-order valence-electron chi connectivity index (χ3n) is 3.08. The zero-order valence-electron chi connectivity index (χ0n) is 10.4. The van der Waals surface area contributed by atoms with Crippen LogP contribution in [-0.2, 0) is 19.3 Å². The summed E-state index contributed by atoms with van der Waals surface area (Å²) in [5.74, 6) is 0. The zero-order valence-corrected chi connectivity index (χ0v) is 10.4. The Morgan fingerprint density at radius 1 is 0.941 bits per heavy atom. The van der Waals surface area contributed by atoms with Crippen LogP contribution in [0.25, 0.3) is 0 Å². The highest BCUT2D eigenvalue weighted by molar-refractivity contribution is 5.23. The molecule has 0 aliphatic rings. The predicted molar refractivity (Wildman–Crippen MR) is 73.1 cm³/mol. The molecule has 0 N–H and O–H groups in total. The number of benzene rings is 2. The Hall–Kier alpha value is -1.56. The second-order valence-electron chi connectivity index (χ2n) is 4.41. The van der Waals surface area contributed by atoms with Gasteiger partial charge in [-0.15, -0.1) is 0 Å². The highest BCUT2D eigenvalue weighted by Crippen LogP contribution is 2.10. The van der Waals surface area contributed by atoms with Crippen LogP contribution in [0.1, 0.15) is 30.0 Å². The van der Waals surface area contributed by atoms with Crippen LogP contribution in [0.5, 0.6) is 0 Å². The van der Waals surface area contributed by atoms with Crippen molar-refractivity contribution in [3.05, 3.63) is 71.3 Å². The fourth-order valence-corrected chi connectivity index (χ4v) is 2.07. The van der Waals surface area contributed by atoms with Crippen LogP contribution in [0.2, 0.25) is 0 Å². The molecule has 0 spiro atoms. The van der Waals surface area contributed by atoms with Crippen LogP contribution in [-0.4, -0.2) is 0 Å². The van der Waals surface area contributed by atoms with Crippen molar-refractivity contribution in [3.8, 4) is 0 Å².